The van der Waals surface area contributed by atoms with E-state index >= 15 is 0 Å². The number of amides is 2. The fourth-order valence-corrected chi connectivity index (χ4v) is 5.59. The van der Waals surface area contributed by atoms with Crippen LogP contribution in [-0.4, -0.2) is 49.9 Å². The zero-order chi connectivity index (χ0) is 20.5. The first kappa shape index (κ1) is 20.1. The number of hydrogen-bond acceptors (Lipinski definition) is 3. The molecule has 6 heteroatoms. The van der Waals surface area contributed by atoms with Crippen LogP contribution in [0.2, 0.25) is 0 Å². The number of thiophene rings is 1. The van der Waals surface area contributed by atoms with Gasteiger partial charge >= 0.3 is 0 Å². The zero-order valence-electron chi connectivity index (χ0n) is 17.5. The molecule has 1 aromatic heterocycles. The molecule has 2 heterocycles. The summed E-state index contributed by atoms with van der Waals surface area (Å²) < 4.78 is 0. The summed E-state index contributed by atoms with van der Waals surface area (Å²) in [6, 6.07) is 7.55. The van der Waals surface area contributed by atoms with Gasteiger partial charge in [0.1, 0.15) is 5.00 Å². The van der Waals surface area contributed by atoms with Crippen molar-refractivity contribution < 1.29 is 14.5 Å². The summed E-state index contributed by atoms with van der Waals surface area (Å²) in [5.74, 6) is 0.564. The largest absolute Gasteiger partial charge is 0.334 e. The lowest BCUT2D eigenvalue weighted by Crippen LogP contribution is -3.12. The highest BCUT2D eigenvalue weighted by Gasteiger charge is 2.32. The third-order valence-corrected chi connectivity index (χ3v) is 7.34. The molecule has 5 nitrogen and oxygen atoms in total. The molecule has 29 heavy (non-hydrogen) atoms. The molecular weight excluding hydrogens is 382 g/mol. The van der Waals surface area contributed by atoms with Gasteiger partial charge in [0, 0.05) is 10.4 Å². The second kappa shape index (κ2) is 8.28. The molecular formula is C23H30N3O2S+. The Balaban J connectivity index is 1.64. The van der Waals surface area contributed by atoms with Crippen molar-refractivity contribution in [1.82, 2.24) is 4.90 Å². The fourth-order valence-electron chi connectivity index (χ4n) is 4.19. The van der Waals surface area contributed by atoms with Gasteiger partial charge in [0.15, 0.2) is 0 Å². The van der Waals surface area contributed by atoms with Crippen LogP contribution in [0.25, 0.3) is 0 Å². The van der Waals surface area contributed by atoms with Crippen LogP contribution in [0.5, 0.6) is 0 Å². The van der Waals surface area contributed by atoms with Crippen molar-refractivity contribution in [3.8, 4) is 0 Å². The molecule has 1 aromatic carbocycles. The minimum absolute atomic E-state index is 0.0868. The molecule has 1 aliphatic heterocycles. The highest BCUT2D eigenvalue weighted by molar-refractivity contribution is 7.17. The number of nitrogens with one attached hydrogen (secondary N) is 2. The maximum absolute atomic E-state index is 13.5. The Bertz CT molecular complexity index is 911. The molecule has 1 aliphatic carbocycles. The van der Waals surface area contributed by atoms with Crippen LogP contribution in [0.1, 0.15) is 50.1 Å². The van der Waals surface area contributed by atoms with Gasteiger partial charge in [0.2, 0.25) is 0 Å². The lowest BCUT2D eigenvalue weighted by Gasteiger charge is -2.30. The van der Waals surface area contributed by atoms with E-state index in [0.29, 0.717) is 11.5 Å². The van der Waals surface area contributed by atoms with E-state index in [1.807, 2.05) is 36.1 Å². The summed E-state index contributed by atoms with van der Waals surface area (Å²) in [5.41, 5.74) is 3.66. The molecule has 0 bridgehead atoms. The molecule has 2 aromatic rings. The van der Waals surface area contributed by atoms with E-state index in [-0.39, 0.29) is 11.8 Å². The summed E-state index contributed by atoms with van der Waals surface area (Å²) in [6.07, 6.45) is 3.02. The number of hydrogen-bond donors (Lipinski definition) is 2. The minimum atomic E-state index is -0.145. The molecule has 0 radical (unpaired) electrons. The number of anilines is 1. The Labute approximate surface area is 176 Å². The van der Waals surface area contributed by atoms with Crippen LogP contribution >= 0.6 is 11.3 Å². The second-order valence-corrected chi connectivity index (χ2v) is 9.73. The SMILES string of the molecule is Cc1ccc(C(=O)Nc2sc3c(c2C(=O)N2CC[NH+](C)CC2)CC[C@H](C)C3)cc1. The molecule has 0 spiro atoms. The number of quaternary nitrogens is 1. The van der Waals surface area contributed by atoms with Crippen LogP contribution < -0.4 is 10.2 Å². The topological polar surface area (TPSA) is 53.9 Å². The van der Waals surface area contributed by atoms with Crippen molar-refractivity contribution in [2.24, 2.45) is 5.92 Å². The summed E-state index contributed by atoms with van der Waals surface area (Å²) in [7, 11) is 2.17. The fraction of sp³-hybridized carbons (Fsp3) is 0.478. The lowest BCUT2D eigenvalue weighted by atomic mass is 9.88. The second-order valence-electron chi connectivity index (χ2n) is 8.63. The first-order valence-electron chi connectivity index (χ1n) is 10.6. The Hall–Kier alpha value is -2.18. The van der Waals surface area contributed by atoms with Crippen molar-refractivity contribution in [2.75, 3.05) is 38.5 Å². The lowest BCUT2D eigenvalue weighted by molar-refractivity contribution is -0.883. The number of carbonyl (C=O) groups is 2. The molecule has 4 rings (SSSR count). The van der Waals surface area contributed by atoms with Crippen LogP contribution in [0, 0.1) is 12.8 Å². The molecule has 0 unspecified atom stereocenters. The quantitative estimate of drug-likeness (QED) is 0.814. The van der Waals surface area contributed by atoms with Gasteiger partial charge in [0.25, 0.3) is 11.8 Å². The van der Waals surface area contributed by atoms with Crippen LogP contribution in [0.3, 0.4) is 0 Å². The molecule has 2 N–H and O–H groups in total. The van der Waals surface area contributed by atoms with E-state index in [0.717, 1.165) is 61.6 Å². The number of nitrogens with zero attached hydrogens (tertiary/aromatic N) is 1. The summed E-state index contributed by atoms with van der Waals surface area (Å²) in [4.78, 5) is 31.0. The van der Waals surface area contributed by atoms with Gasteiger partial charge in [-0.3, -0.25) is 9.59 Å². The highest BCUT2D eigenvalue weighted by atomic mass is 32.1. The predicted molar refractivity (Wildman–Crippen MR) is 117 cm³/mol. The van der Waals surface area contributed by atoms with Crippen molar-refractivity contribution >= 4 is 28.2 Å². The number of fused-ring (bicyclic) bond motifs is 1. The standard InChI is InChI=1S/C23H29N3O2S/c1-15-4-7-17(8-5-15)21(27)24-22-20(18-9-6-16(2)14-19(18)29-22)23(28)26-12-10-25(3)11-13-26/h4-5,7-8,16H,6,9-14H2,1-3H3,(H,24,27)/p+1/t16-/m0/s1. The van der Waals surface area contributed by atoms with Crippen molar-refractivity contribution in [3.63, 3.8) is 0 Å². The smallest absolute Gasteiger partial charge is 0.257 e. The van der Waals surface area contributed by atoms with E-state index in [1.165, 1.54) is 15.3 Å². The van der Waals surface area contributed by atoms with Gasteiger partial charge in [-0.15, -0.1) is 11.3 Å². The summed E-state index contributed by atoms with van der Waals surface area (Å²) in [6.45, 7) is 7.76. The Morgan fingerprint density at radius 1 is 1.17 bits per heavy atom. The Morgan fingerprint density at radius 3 is 2.55 bits per heavy atom. The van der Waals surface area contributed by atoms with E-state index in [4.69, 9.17) is 0 Å². The highest BCUT2D eigenvalue weighted by Crippen LogP contribution is 2.40. The van der Waals surface area contributed by atoms with Crippen LogP contribution in [0.15, 0.2) is 24.3 Å². The van der Waals surface area contributed by atoms with E-state index in [9.17, 15) is 9.59 Å². The third-order valence-electron chi connectivity index (χ3n) is 6.17. The third kappa shape index (κ3) is 4.23. The number of rotatable bonds is 3. The van der Waals surface area contributed by atoms with Gasteiger partial charge in [-0.05, 0) is 49.8 Å². The van der Waals surface area contributed by atoms with Crippen molar-refractivity contribution in [2.45, 2.75) is 33.1 Å². The summed E-state index contributed by atoms with van der Waals surface area (Å²) >= 11 is 1.60. The monoisotopic (exact) mass is 412 g/mol. The van der Waals surface area contributed by atoms with Crippen molar-refractivity contribution in [1.29, 1.82) is 0 Å². The van der Waals surface area contributed by atoms with Gasteiger partial charge in [-0.2, -0.15) is 0 Å². The average Bonchev–Trinajstić information content (AvgIpc) is 3.05. The average molecular weight is 413 g/mol. The Kier molecular flexibility index (Phi) is 5.74. The van der Waals surface area contributed by atoms with Crippen LogP contribution in [-0.2, 0) is 12.8 Å². The zero-order valence-corrected chi connectivity index (χ0v) is 18.3. The first-order valence-corrected chi connectivity index (χ1v) is 11.4. The van der Waals surface area contributed by atoms with E-state index in [1.54, 1.807) is 11.3 Å². The maximum atomic E-state index is 13.5. The number of carbonyl (C=O) groups excluding carboxylic acids is 2. The van der Waals surface area contributed by atoms with E-state index in [2.05, 4.69) is 19.3 Å². The molecule has 1 atom stereocenters. The normalized spacial score (nSPS) is 19.7. The summed E-state index contributed by atoms with van der Waals surface area (Å²) in [5, 5.41) is 3.80. The van der Waals surface area contributed by atoms with Gasteiger partial charge in [0.05, 0.1) is 38.8 Å². The number of likely N-dealkylation sites (N-methyl/N-ethyl adjacent to an activating group) is 1. The molecule has 2 amide bonds. The Morgan fingerprint density at radius 2 is 1.86 bits per heavy atom. The van der Waals surface area contributed by atoms with Gasteiger partial charge in [-0.25, -0.2) is 0 Å². The van der Waals surface area contributed by atoms with Gasteiger partial charge in [-0.1, -0.05) is 24.6 Å². The predicted octanol–water partition coefficient (Wildman–Crippen LogP) is 2.40. The molecule has 2 aliphatic rings. The number of benzene rings is 1. The maximum Gasteiger partial charge on any atom is 0.257 e. The molecule has 1 fully saturated rings. The van der Waals surface area contributed by atoms with Crippen molar-refractivity contribution in [3.05, 3.63) is 51.4 Å². The van der Waals surface area contributed by atoms with Crippen LogP contribution in [0.4, 0.5) is 5.00 Å². The van der Waals surface area contributed by atoms with Gasteiger partial charge < -0.3 is 15.1 Å². The first-order chi connectivity index (χ1) is 13.9. The number of piperazine rings is 1. The molecule has 154 valence electrons. The number of aryl methyl sites for hydroxylation is 1. The molecule has 0 saturated carbocycles. The van der Waals surface area contributed by atoms with E-state index < -0.39 is 0 Å². The molecule has 1 saturated heterocycles. The minimum Gasteiger partial charge on any atom is -0.334 e.